The third-order valence-corrected chi connectivity index (χ3v) is 5.97. The number of para-hydroxylation sites is 4. The van der Waals surface area contributed by atoms with Crippen molar-refractivity contribution in [2.75, 3.05) is 32.8 Å². The lowest BCUT2D eigenvalue weighted by molar-refractivity contribution is -0.146. The van der Waals surface area contributed by atoms with E-state index in [9.17, 15) is 14.4 Å². The van der Waals surface area contributed by atoms with Gasteiger partial charge in [-0.2, -0.15) is 0 Å². The van der Waals surface area contributed by atoms with Crippen LogP contribution in [0.25, 0.3) is 11.0 Å². The number of fused-ring (bicyclic) bond motifs is 2. The largest absolute Gasteiger partial charge is 0.485 e. The molecule has 0 radical (unpaired) electrons. The minimum Gasteiger partial charge on any atom is -0.485 e. The molecule has 9 heteroatoms. The molecule has 1 atom stereocenters. The minimum absolute atomic E-state index is 0.0531. The van der Waals surface area contributed by atoms with Crippen molar-refractivity contribution in [1.82, 2.24) is 19.8 Å². The molecule has 1 saturated heterocycles. The summed E-state index contributed by atoms with van der Waals surface area (Å²) in [4.78, 5) is 48.5. The van der Waals surface area contributed by atoms with Gasteiger partial charge in [-0.1, -0.05) is 24.3 Å². The summed E-state index contributed by atoms with van der Waals surface area (Å²) in [5.41, 5.74) is 1.45. The van der Waals surface area contributed by atoms with Crippen LogP contribution in [0.1, 0.15) is 12.1 Å². The number of rotatable bonds is 4. The highest BCUT2D eigenvalue weighted by molar-refractivity contribution is 5.83. The molecule has 170 valence electrons. The topological polar surface area (TPSA) is 105 Å². The van der Waals surface area contributed by atoms with Crippen LogP contribution in [0.15, 0.2) is 53.3 Å². The fourth-order valence-electron chi connectivity index (χ4n) is 4.14. The monoisotopic (exact) mass is 448 g/mol. The Kier molecular flexibility index (Phi) is 5.68. The highest BCUT2D eigenvalue weighted by Crippen LogP contribution is 2.31. The number of hydrogen-bond acceptors (Lipinski definition) is 6. The summed E-state index contributed by atoms with van der Waals surface area (Å²) < 4.78 is 11.5. The van der Waals surface area contributed by atoms with E-state index in [2.05, 4.69) is 9.97 Å². The van der Waals surface area contributed by atoms with Crippen LogP contribution in [0.2, 0.25) is 0 Å². The molecule has 3 aromatic rings. The molecule has 33 heavy (non-hydrogen) atoms. The zero-order valence-electron chi connectivity index (χ0n) is 18.0. The van der Waals surface area contributed by atoms with Crippen LogP contribution < -0.4 is 15.0 Å². The normalized spacial score (nSPS) is 17.8. The Hall–Kier alpha value is -3.88. The van der Waals surface area contributed by atoms with Crippen molar-refractivity contribution in [2.45, 2.75) is 18.9 Å². The molecule has 2 amide bonds. The number of piperazine rings is 1. The number of nitrogens with zero attached hydrogens (tertiary/aromatic N) is 3. The van der Waals surface area contributed by atoms with E-state index in [0.29, 0.717) is 54.4 Å². The summed E-state index contributed by atoms with van der Waals surface area (Å²) in [6.07, 6.45) is -0.225. The molecule has 2 aromatic carbocycles. The zero-order chi connectivity index (χ0) is 22.8. The van der Waals surface area contributed by atoms with Gasteiger partial charge in [-0.3, -0.25) is 14.4 Å². The minimum atomic E-state index is -0.687. The van der Waals surface area contributed by atoms with E-state index in [1.54, 1.807) is 21.9 Å². The van der Waals surface area contributed by atoms with Crippen molar-refractivity contribution < 1.29 is 19.1 Å². The summed E-state index contributed by atoms with van der Waals surface area (Å²) in [6, 6.07) is 14.6. The molecule has 0 unspecified atom stereocenters. The first-order valence-electron chi connectivity index (χ1n) is 11.0. The predicted molar refractivity (Wildman–Crippen MR) is 120 cm³/mol. The van der Waals surface area contributed by atoms with E-state index in [4.69, 9.17) is 9.47 Å². The summed E-state index contributed by atoms with van der Waals surface area (Å²) >= 11 is 0. The second-order valence-electron chi connectivity index (χ2n) is 8.10. The molecule has 9 nitrogen and oxygen atoms in total. The van der Waals surface area contributed by atoms with Gasteiger partial charge in [-0.05, 0) is 24.3 Å². The van der Waals surface area contributed by atoms with Crippen LogP contribution in [-0.2, 0) is 16.0 Å². The first kappa shape index (κ1) is 21.0. The molecule has 1 aromatic heterocycles. The third kappa shape index (κ3) is 4.39. The molecule has 1 fully saturated rings. The molecule has 1 N–H and O–H groups in total. The van der Waals surface area contributed by atoms with E-state index >= 15 is 0 Å². The third-order valence-electron chi connectivity index (χ3n) is 5.97. The van der Waals surface area contributed by atoms with Crippen LogP contribution in [0.5, 0.6) is 11.5 Å². The maximum Gasteiger partial charge on any atom is 0.270 e. The van der Waals surface area contributed by atoms with Crippen molar-refractivity contribution >= 4 is 22.8 Å². The van der Waals surface area contributed by atoms with Crippen molar-refractivity contribution in [3.8, 4) is 11.5 Å². The van der Waals surface area contributed by atoms with Gasteiger partial charge in [0.25, 0.3) is 11.5 Å². The number of benzene rings is 2. The summed E-state index contributed by atoms with van der Waals surface area (Å²) in [5, 5.41) is 0. The van der Waals surface area contributed by atoms with Gasteiger partial charge < -0.3 is 24.3 Å². The number of ether oxygens (including phenoxy) is 2. The van der Waals surface area contributed by atoms with Crippen LogP contribution >= 0.6 is 0 Å². The van der Waals surface area contributed by atoms with Gasteiger partial charge in [-0.15, -0.1) is 0 Å². The van der Waals surface area contributed by atoms with Gasteiger partial charge >= 0.3 is 0 Å². The Morgan fingerprint density at radius 1 is 0.970 bits per heavy atom. The molecule has 0 bridgehead atoms. The van der Waals surface area contributed by atoms with E-state index in [0.717, 1.165) is 0 Å². The summed E-state index contributed by atoms with van der Waals surface area (Å²) in [7, 11) is 0. The van der Waals surface area contributed by atoms with E-state index in [1.165, 1.54) is 0 Å². The molecule has 0 aliphatic carbocycles. The summed E-state index contributed by atoms with van der Waals surface area (Å²) in [5.74, 6) is 1.01. The number of H-pyrrole nitrogens is 1. The van der Waals surface area contributed by atoms with E-state index in [1.807, 2.05) is 36.4 Å². The molecule has 0 saturated carbocycles. The second-order valence-corrected chi connectivity index (χ2v) is 8.10. The molecule has 3 heterocycles. The molecule has 0 spiro atoms. The van der Waals surface area contributed by atoms with Crippen molar-refractivity contribution in [3.63, 3.8) is 0 Å². The fraction of sp³-hybridized carbons (Fsp3) is 0.333. The first-order valence-corrected chi connectivity index (χ1v) is 11.0. The highest BCUT2D eigenvalue weighted by atomic mass is 16.6. The molecule has 2 aliphatic rings. The standard InChI is InChI=1S/C24H24N4O5/c29-22(10-9-18-23(30)26-17-6-2-1-5-16(17)25-18)27-11-13-28(14-12-27)24(31)21-15-32-19-7-3-4-8-20(19)33-21/h1-8,21H,9-15H2,(H,26,30)/t21-/m0/s1. The number of carbonyl (C=O) groups excluding carboxylic acids is 2. The van der Waals surface area contributed by atoms with Gasteiger partial charge in [0.1, 0.15) is 12.3 Å². The van der Waals surface area contributed by atoms with Gasteiger partial charge in [0.15, 0.2) is 11.5 Å². The van der Waals surface area contributed by atoms with Gasteiger partial charge in [-0.25, -0.2) is 4.98 Å². The first-order chi connectivity index (χ1) is 16.1. The Morgan fingerprint density at radius 2 is 1.67 bits per heavy atom. The molecular formula is C24H24N4O5. The predicted octanol–water partition coefficient (Wildman–Crippen LogP) is 1.37. The van der Waals surface area contributed by atoms with E-state index < -0.39 is 6.10 Å². The van der Waals surface area contributed by atoms with Crippen LogP contribution in [0.4, 0.5) is 0 Å². The zero-order valence-corrected chi connectivity index (χ0v) is 18.0. The number of aromatic amines is 1. The number of hydrogen-bond donors (Lipinski definition) is 1. The number of aromatic nitrogens is 2. The number of carbonyl (C=O) groups is 2. The van der Waals surface area contributed by atoms with Crippen LogP contribution in [-0.4, -0.2) is 70.5 Å². The lowest BCUT2D eigenvalue weighted by Crippen LogP contribution is -2.55. The second kappa shape index (κ2) is 8.93. The maximum atomic E-state index is 12.9. The Morgan fingerprint density at radius 3 is 2.48 bits per heavy atom. The molecule has 2 aliphatic heterocycles. The molecule has 5 rings (SSSR count). The lowest BCUT2D eigenvalue weighted by atomic mass is 10.2. The average Bonchev–Trinajstić information content (AvgIpc) is 2.86. The summed E-state index contributed by atoms with van der Waals surface area (Å²) in [6.45, 7) is 1.91. The Bertz CT molecular complexity index is 1250. The van der Waals surface area contributed by atoms with Crippen LogP contribution in [0, 0.1) is 0 Å². The maximum absolute atomic E-state index is 12.9. The van der Waals surface area contributed by atoms with Gasteiger partial charge in [0.05, 0.1) is 11.0 Å². The van der Waals surface area contributed by atoms with Crippen LogP contribution in [0.3, 0.4) is 0 Å². The number of nitrogens with one attached hydrogen (secondary N) is 1. The number of amides is 2. The van der Waals surface area contributed by atoms with Crippen molar-refractivity contribution in [2.24, 2.45) is 0 Å². The quantitative estimate of drug-likeness (QED) is 0.646. The Balaban J connectivity index is 1.14. The number of aryl methyl sites for hydroxylation is 1. The van der Waals surface area contributed by atoms with Crippen molar-refractivity contribution in [3.05, 3.63) is 64.6 Å². The lowest BCUT2D eigenvalue weighted by Gasteiger charge is -2.37. The smallest absolute Gasteiger partial charge is 0.270 e. The molecular weight excluding hydrogens is 424 g/mol. The van der Waals surface area contributed by atoms with Crippen molar-refractivity contribution in [1.29, 1.82) is 0 Å². The highest BCUT2D eigenvalue weighted by Gasteiger charge is 2.33. The van der Waals surface area contributed by atoms with E-state index in [-0.39, 0.29) is 36.8 Å². The van der Waals surface area contributed by atoms with Gasteiger partial charge in [0, 0.05) is 39.0 Å². The average molecular weight is 448 g/mol. The Labute approximate surface area is 189 Å². The van der Waals surface area contributed by atoms with Gasteiger partial charge in [0.2, 0.25) is 12.0 Å². The SMILES string of the molecule is O=C(CCc1nc2ccccc2[nH]c1=O)N1CCN(C(=O)[C@@H]2COc3ccccc3O2)CC1. The fourth-order valence-corrected chi connectivity index (χ4v) is 4.14.